The summed E-state index contributed by atoms with van der Waals surface area (Å²) in [6, 6.07) is 7.29. The van der Waals surface area contributed by atoms with Crippen molar-refractivity contribution in [1.29, 1.82) is 0 Å². The molecular formula is C22H33N5O. The van der Waals surface area contributed by atoms with Crippen molar-refractivity contribution in [3.63, 3.8) is 0 Å². The summed E-state index contributed by atoms with van der Waals surface area (Å²) in [7, 11) is 1.90. The number of aryl methyl sites for hydroxylation is 1. The largest absolute Gasteiger partial charge is 0.377 e. The first-order valence-electron chi connectivity index (χ1n) is 11.0. The fourth-order valence-corrected chi connectivity index (χ4v) is 5.93. The summed E-state index contributed by atoms with van der Waals surface area (Å²) >= 11 is 0. The molecule has 1 aromatic rings. The van der Waals surface area contributed by atoms with E-state index in [0.717, 1.165) is 50.0 Å². The zero-order chi connectivity index (χ0) is 19.1. The van der Waals surface area contributed by atoms with Crippen LogP contribution in [0.2, 0.25) is 0 Å². The number of nitrogens with one attached hydrogen (secondary N) is 2. The molecule has 2 aliphatic heterocycles. The van der Waals surface area contributed by atoms with Crippen molar-refractivity contribution in [2.45, 2.75) is 63.6 Å². The Balaban J connectivity index is 1.16. The van der Waals surface area contributed by atoms with Gasteiger partial charge in [0.25, 0.3) is 0 Å². The molecule has 0 amide bonds. The molecule has 0 aromatic carbocycles. The average molecular weight is 384 g/mol. The fourth-order valence-electron chi connectivity index (χ4n) is 5.93. The van der Waals surface area contributed by atoms with Crippen LogP contribution in [-0.4, -0.2) is 55.9 Å². The number of hydrogen-bond acceptors (Lipinski definition) is 4. The van der Waals surface area contributed by atoms with Gasteiger partial charge in [-0.2, -0.15) is 0 Å². The van der Waals surface area contributed by atoms with Crippen LogP contribution in [0.25, 0.3) is 0 Å². The lowest BCUT2D eigenvalue weighted by atomic mass is 9.46. The number of aromatic nitrogens is 1. The first-order chi connectivity index (χ1) is 13.7. The number of piperidine rings is 1. The molecule has 6 nitrogen and oxygen atoms in total. The van der Waals surface area contributed by atoms with E-state index in [1.54, 1.807) is 0 Å². The normalized spacial score (nSPS) is 31.9. The standard InChI is InChI=1S/C22H33N5O/c1-15-5-3-6-18(24-15)27-12-7-16(8-13-27)25-21(23-2)26-19-17-9-14-28-20(17)22(19)10-4-11-22/h3,5-6,16-17,19-20H,4,7-14H2,1-2H3,(H2,23,25,26). The van der Waals surface area contributed by atoms with E-state index >= 15 is 0 Å². The minimum atomic E-state index is 0.388. The fraction of sp³-hybridized carbons (Fsp3) is 0.727. The van der Waals surface area contributed by atoms with Crippen LogP contribution in [0.15, 0.2) is 23.2 Å². The molecule has 0 radical (unpaired) electrons. The van der Waals surface area contributed by atoms with Crippen molar-refractivity contribution in [1.82, 2.24) is 15.6 Å². The van der Waals surface area contributed by atoms with Crippen LogP contribution in [0, 0.1) is 18.3 Å². The molecule has 5 rings (SSSR count). The highest BCUT2D eigenvalue weighted by Crippen LogP contribution is 2.62. The van der Waals surface area contributed by atoms with Gasteiger partial charge in [0.2, 0.25) is 0 Å². The smallest absolute Gasteiger partial charge is 0.191 e. The van der Waals surface area contributed by atoms with Gasteiger partial charge in [-0.1, -0.05) is 12.5 Å². The van der Waals surface area contributed by atoms with Gasteiger partial charge in [0, 0.05) is 55.9 Å². The van der Waals surface area contributed by atoms with Gasteiger partial charge in [0.15, 0.2) is 5.96 Å². The molecule has 2 saturated heterocycles. The molecule has 3 atom stereocenters. The monoisotopic (exact) mass is 383 g/mol. The molecule has 1 spiro atoms. The number of fused-ring (bicyclic) bond motifs is 2. The molecule has 28 heavy (non-hydrogen) atoms. The minimum absolute atomic E-state index is 0.388. The molecule has 6 heteroatoms. The molecule has 4 aliphatic rings. The first kappa shape index (κ1) is 18.2. The van der Waals surface area contributed by atoms with Gasteiger partial charge in [-0.25, -0.2) is 4.98 Å². The summed E-state index contributed by atoms with van der Waals surface area (Å²) in [5.74, 6) is 2.76. The molecule has 0 bridgehead atoms. The van der Waals surface area contributed by atoms with E-state index < -0.39 is 0 Å². The molecule has 152 valence electrons. The van der Waals surface area contributed by atoms with Crippen LogP contribution in [-0.2, 0) is 4.74 Å². The summed E-state index contributed by atoms with van der Waals surface area (Å²) in [6.45, 7) is 5.07. The minimum Gasteiger partial charge on any atom is -0.377 e. The Hall–Kier alpha value is -1.82. The summed E-state index contributed by atoms with van der Waals surface area (Å²) in [5.41, 5.74) is 1.47. The lowest BCUT2D eigenvalue weighted by molar-refractivity contribution is -0.171. The Morgan fingerprint density at radius 3 is 2.71 bits per heavy atom. The van der Waals surface area contributed by atoms with E-state index in [0.29, 0.717) is 29.5 Å². The number of ether oxygens (including phenoxy) is 1. The Morgan fingerprint density at radius 2 is 2.04 bits per heavy atom. The maximum Gasteiger partial charge on any atom is 0.191 e. The van der Waals surface area contributed by atoms with Crippen molar-refractivity contribution >= 4 is 11.8 Å². The topological polar surface area (TPSA) is 61.8 Å². The molecule has 3 heterocycles. The van der Waals surface area contributed by atoms with Crippen LogP contribution >= 0.6 is 0 Å². The van der Waals surface area contributed by atoms with E-state index in [-0.39, 0.29) is 0 Å². The van der Waals surface area contributed by atoms with Crippen molar-refractivity contribution in [3.05, 3.63) is 23.9 Å². The highest BCUT2D eigenvalue weighted by molar-refractivity contribution is 5.80. The number of aliphatic imine (C=N–C) groups is 1. The van der Waals surface area contributed by atoms with E-state index in [1.807, 2.05) is 7.05 Å². The molecule has 2 N–H and O–H groups in total. The van der Waals surface area contributed by atoms with Gasteiger partial charge < -0.3 is 20.3 Å². The molecule has 3 unspecified atom stereocenters. The first-order valence-corrected chi connectivity index (χ1v) is 11.0. The number of hydrogen-bond donors (Lipinski definition) is 2. The number of rotatable bonds is 3. The van der Waals surface area contributed by atoms with Crippen LogP contribution in [0.3, 0.4) is 0 Å². The summed E-state index contributed by atoms with van der Waals surface area (Å²) in [5, 5.41) is 7.50. The Bertz CT molecular complexity index is 738. The second-order valence-corrected chi connectivity index (χ2v) is 9.07. The van der Waals surface area contributed by atoms with E-state index in [2.05, 4.69) is 50.6 Å². The van der Waals surface area contributed by atoms with Crippen molar-refractivity contribution in [2.24, 2.45) is 16.3 Å². The van der Waals surface area contributed by atoms with E-state index in [1.165, 1.54) is 25.7 Å². The third kappa shape index (κ3) is 2.97. The lowest BCUT2D eigenvalue weighted by Crippen LogP contribution is -2.72. The molecule has 2 saturated carbocycles. The highest BCUT2D eigenvalue weighted by atomic mass is 16.5. The van der Waals surface area contributed by atoms with Crippen molar-refractivity contribution in [3.8, 4) is 0 Å². The summed E-state index contributed by atoms with van der Waals surface area (Å²) in [4.78, 5) is 11.6. The van der Waals surface area contributed by atoms with E-state index in [9.17, 15) is 0 Å². The molecular weight excluding hydrogens is 350 g/mol. The van der Waals surface area contributed by atoms with Crippen molar-refractivity contribution in [2.75, 3.05) is 31.6 Å². The second kappa shape index (κ2) is 7.21. The predicted octanol–water partition coefficient (Wildman–Crippen LogP) is 2.48. The quantitative estimate of drug-likeness (QED) is 0.620. The zero-order valence-electron chi connectivity index (χ0n) is 17.2. The van der Waals surface area contributed by atoms with Gasteiger partial charge in [-0.3, -0.25) is 4.99 Å². The summed E-state index contributed by atoms with van der Waals surface area (Å²) in [6.07, 6.45) is 7.89. The number of nitrogens with zero attached hydrogens (tertiary/aromatic N) is 3. The molecule has 4 fully saturated rings. The van der Waals surface area contributed by atoms with Gasteiger partial charge in [-0.15, -0.1) is 0 Å². The summed E-state index contributed by atoms with van der Waals surface area (Å²) < 4.78 is 6.06. The maximum absolute atomic E-state index is 6.06. The van der Waals surface area contributed by atoms with Crippen molar-refractivity contribution < 1.29 is 4.74 Å². The molecule has 2 aliphatic carbocycles. The molecule has 1 aromatic heterocycles. The Morgan fingerprint density at radius 1 is 1.21 bits per heavy atom. The van der Waals surface area contributed by atoms with Crippen LogP contribution in [0.4, 0.5) is 5.82 Å². The highest BCUT2D eigenvalue weighted by Gasteiger charge is 2.66. The van der Waals surface area contributed by atoms with Gasteiger partial charge in [-0.05, 0) is 51.2 Å². The Kier molecular flexibility index (Phi) is 4.69. The van der Waals surface area contributed by atoms with Gasteiger partial charge in [0.1, 0.15) is 5.82 Å². The van der Waals surface area contributed by atoms with Crippen LogP contribution in [0.1, 0.15) is 44.2 Å². The van der Waals surface area contributed by atoms with Crippen LogP contribution < -0.4 is 15.5 Å². The number of anilines is 1. The van der Waals surface area contributed by atoms with Crippen LogP contribution in [0.5, 0.6) is 0 Å². The van der Waals surface area contributed by atoms with Gasteiger partial charge >= 0.3 is 0 Å². The Labute approximate surface area is 168 Å². The average Bonchev–Trinajstić information content (AvgIpc) is 3.09. The third-order valence-electron chi connectivity index (χ3n) is 7.59. The SMILES string of the molecule is CN=C(NC1CCN(c2cccc(C)n2)CC1)NC1C2CCOC2C12CCC2. The number of guanidine groups is 1. The van der Waals surface area contributed by atoms with Gasteiger partial charge in [0.05, 0.1) is 6.10 Å². The van der Waals surface area contributed by atoms with E-state index in [4.69, 9.17) is 4.74 Å². The lowest BCUT2D eigenvalue weighted by Gasteiger charge is -2.63. The zero-order valence-corrected chi connectivity index (χ0v) is 17.2. The number of pyridine rings is 1. The maximum atomic E-state index is 6.06. The predicted molar refractivity (Wildman–Crippen MR) is 112 cm³/mol. The third-order valence-corrected chi connectivity index (χ3v) is 7.59. The second-order valence-electron chi connectivity index (χ2n) is 9.07.